The number of hydrogen-bond acceptors (Lipinski definition) is 8. The quantitative estimate of drug-likeness (QED) is 0.393. The van der Waals surface area contributed by atoms with Crippen molar-refractivity contribution in [2.75, 3.05) is 6.54 Å². The van der Waals surface area contributed by atoms with E-state index in [1.165, 1.54) is 25.6 Å². The summed E-state index contributed by atoms with van der Waals surface area (Å²) in [6.45, 7) is 0.815. The van der Waals surface area contributed by atoms with Gasteiger partial charge in [-0.15, -0.1) is 0 Å². The van der Waals surface area contributed by atoms with Crippen LogP contribution in [0.3, 0.4) is 0 Å². The van der Waals surface area contributed by atoms with E-state index in [0.717, 1.165) is 11.1 Å². The second-order valence-electron chi connectivity index (χ2n) is 5.95. The number of nitrogens with zero attached hydrogens (tertiary/aromatic N) is 4. The fourth-order valence-corrected chi connectivity index (χ4v) is 5.28. The second kappa shape index (κ2) is 5.69. The molecule has 2 fully saturated rings. The molecule has 132 valence electrons. The van der Waals surface area contributed by atoms with Crippen molar-refractivity contribution in [3.05, 3.63) is 24.3 Å². The predicted octanol–water partition coefficient (Wildman–Crippen LogP) is -1.07. The van der Waals surface area contributed by atoms with Crippen LogP contribution in [0.15, 0.2) is 23.7 Å². The summed E-state index contributed by atoms with van der Waals surface area (Å²) in [5.74, 6) is -2.41. The van der Waals surface area contributed by atoms with E-state index in [0.29, 0.717) is 0 Å². The molecule has 0 saturated carbocycles. The number of sulfone groups is 1. The molecule has 3 rings (SSSR count). The first-order valence-electron chi connectivity index (χ1n) is 7.27. The Hall–Kier alpha value is -2.69. The highest BCUT2D eigenvalue weighted by molar-refractivity contribution is 7.94. The molecule has 2 aliphatic heterocycles. The maximum absolute atomic E-state index is 12.6. The highest BCUT2D eigenvalue weighted by Gasteiger charge is 2.69. The Labute approximate surface area is 142 Å². The van der Waals surface area contributed by atoms with Crippen LogP contribution in [0.2, 0.25) is 0 Å². The van der Waals surface area contributed by atoms with Crippen LogP contribution in [0.1, 0.15) is 23.7 Å². The molecular weight excluding hydrogens is 352 g/mol. The van der Waals surface area contributed by atoms with Gasteiger partial charge in [-0.1, -0.05) is 0 Å². The molecule has 1 N–H and O–H groups in total. The summed E-state index contributed by atoms with van der Waals surface area (Å²) in [6.07, 6.45) is 4.56. The summed E-state index contributed by atoms with van der Waals surface area (Å²) in [4.78, 5) is 47.3. The third kappa shape index (κ3) is 2.42. The van der Waals surface area contributed by atoms with Crippen molar-refractivity contribution >= 4 is 33.7 Å². The first-order chi connectivity index (χ1) is 11.7. The molecule has 1 amide bonds. The number of carboxylic acid groups (broad SMARTS) is 1. The maximum Gasteiger partial charge on any atom is 0.328 e. The van der Waals surface area contributed by atoms with E-state index in [-0.39, 0.29) is 18.5 Å². The van der Waals surface area contributed by atoms with Gasteiger partial charge in [0.25, 0.3) is 0 Å². The summed E-state index contributed by atoms with van der Waals surface area (Å²) in [6, 6.07) is -1.57. The number of fused-ring (bicyclic) bond motifs is 1. The zero-order chi connectivity index (χ0) is 18.4. The molecule has 0 spiro atoms. The number of rotatable bonds is 5. The minimum atomic E-state index is -3.98. The molecule has 0 unspecified atom stereocenters. The van der Waals surface area contributed by atoms with Crippen LogP contribution < -0.4 is 0 Å². The minimum Gasteiger partial charge on any atom is -0.480 e. The monoisotopic (exact) mass is 366 g/mol. The van der Waals surface area contributed by atoms with Crippen LogP contribution in [0, 0.1) is 0 Å². The Bertz CT molecular complexity index is 884. The minimum absolute atomic E-state index is 0.202. The number of aliphatic imine (C=N–C) groups is 1. The Morgan fingerprint density at radius 1 is 1.44 bits per heavy atom. The van der Waals surface area contributed by atoms with Gasteiger partial charge in [-0.2, -0.15) is 0 Å². The second-order valence-corrected chi connectivity index (χ2v) is 8.46. The lowest BCUT2D eigenvalue weighted by Gasteiger charge is -2.35. The van der Waals surface area contributed by atoms with E-state index >= 15 is 0 Å². The Morgan fingerprint density at radius 2 is 2.08 bits per heavy atom. The van der Waals surface area contributed by atoms with Crippen LogP contribution >= 0.6 is 0 Å². The van der Waals surface area contributed by atoms with Gasteiger partial charge in [0.1, 0.15) is 23.0 Å². The number of ketones is 1. The van der Waals surface area contributed by atoms with E-state index in [9.17, 15) is 27.9 Å². The largest absolute Gasteiger partial charge is 0.480 e. The zero-order valence-corrected chi connectivity index (χ0v) is 13.9. The third-order valence-corrected chi connectivity index (χ3v) is 7.10. The summed E-state index contributed by atoms with van der Waals surface area (Å²) in [5.41, 5.74) is 0.202. The Kier molecular flexibility index (Phi) is 3.90. The SMILES string of the molecule is C[C@]1(C=NCC(=O)c2cncnc2)[C@H](C(=O)O)N2C(=O)C[C@H]2S1(=O)=O. The topological polar surface area (TPSA) is 147 Å². The number of carboxylic acids is 1. The number of hydrogen-bond donors (Lipinski definition) is 1. The molecule has 10 nitrogen and oxygen atoms in total. The fourth-order valence-electron chi connectivity index (χ4n) is 3.05. The lowest BCUT2D eigenvalue weighted by atomic mass is 9.97. The molecular formula is C14H14N4O6S. The molecule has 25 heavy (non-hydrogen) atoms. The number of β-lactam (4-membered cyclic amide) rings is 1. The number of carbonyl (C=O) groups is 3. The van der Waals surface area contributed by atoms with Gasteiger partial charge in [0.15, 0.2) is 21.7 Å². The third-order valence-electron chi connectivity index (χ3n) is 4.44. The standard InChI is InChI=1S/C14H14N4O6S/c1-14(6-15-5-9(19)8-3-16-7-17-4-8)12(13(21)22)18-10(20)2-11(18)25(14,23)24/h3-4,6-7,11-12H,2,5H2,1H3,(H,21,22)/t11-,12+,14+/m1/s1. The molecule has 0 bridgehead atoms. The first-order valence-corrected chi connectivity index (χ1v) is 8.81. The van der Waals surface area contributed by atoms with Gasteiger partial charge in [-0.25, -0.2) is 23.2 Å². The molecule has 3 atom stereocenters. The first kappa shape index (κ1) is 17.1. The number of amides is 1. The van der Waals surface area contributed by atoms with Gasteiger partial charge in [-0.05, 0) is 6.92 Å². The van der Waals surface area contributed by atoms with Crippen LogP contribution in [0.4, 0.5) is 0 Å². The number of carbonyl (C=O) groups excluding carboxylic acids is 2. The smallest absolute Gasteiger partial charge is 0.328 e. The average molecular weight is 366 g/mol. The molecule has 3 heterocycles. The van der Waals surface area contributed by atoms with Gasteiger partial charge in [0.05, 0.1) is 12.0 Å². The average Bonchev–Trinajstić information content (AvgIpc) is 2.70. The molecule has 0 aliphatic carbocycles. The molecule has 11 heteroatoms. The van der Waals surface area contributed by atoms with Crippen molar-refractivity contribution in [1.82, 2.24) is 14.9 Å². The van der Waals surface area contributed by atoms with E-state index in [1.807, 2.05) is 0 Å². The summed E-state index contributed by atoms with van der Waals surface area (Å²) >= 11 is 0. The molecule has 2 saturated heterocycles. The molecule has 0 radical (unpaired) electrons. The number of aliphatic carboxylic acids is 1. The van der Waals surface area contributed by atoms with Crippen LogP contribution in [0.25, 0.3) is 0 Å². The molecule has 1 aromatic heterocycles. The summed E-state index contributed by atoms with van der Waals surface area (Å²) < 4.78 is 23.4. The molecule has 0 aromatic carbocycles. The van der Waals surface area contributed by atoms with Crippen LogP contribution in [0.5, 0.6) is 0 Å². The van der Waals surface area contributed by atoms with Crippen molar-refractivity contribution in [2.24, 2.45) is 4.99 Å². The van der Waals surface area contributed by atoms with Crippen molar-refractivity contribution < 1.29 is 27.9 Å². The summed E-state index contributed by atoms with van der Waals surface area (Å²) in [7, 11) is -3.98. The lowest BCUT2D eigenvalue weighted by Crippen LogP contribution is -2.57. The van der Waals surface area contributed by atoms with Crippen LogP contribution in [-0.2, 0) is 19.4 Å². The van der Waals surface area contributed by atoms with Crippen molar-refractivity contribution in [3.63, 3.8) is 0 Å². The highest BCUT2D eigenvalue weighted by atomic mass is 32.2. The Balaban J connectivity index is 1.87. The number of aromatic nitrogens is 2. The van der Waals surface area contributed by atoms with E-state index < -0.39 is 43.7 Å². The van der Waals surface area contributed by atoms with E-state index in [4.69, 9.17) is 0 Å². The lowest BCUT2D eigenvalue weighted by molar-refractivity contribution is -0.156. The highest BCUT2D eigenvalue weighted by Crippen LogP contribution is 2.45. The predicted molar refractivity (Wildman–Crippen MR) is 83.7 cm³/mol. The van der Waals surface area contributed by atoms with Gasteiger partial charge in [-0.3, -0.25) is 14.6 Å². The summed E-state index contributed by atoms with van der Waals surface area (Å²) in [5, 5.41) is 8.25. The van der Waals surface area contributed by atoms with Crippen LogP contribution in [-0.4, -0.2) is 75.0 Å². The zero-order valence-electron chi connectivity index (χ0n) is 13.1. The molecule has 1 aromatic rings. The van der Waals surface area contributed by atoms with Gasteiger partial charge >= 0.3 is 5.97 Å². The Morgan fingerprint density at radius 3 is 2.64 bits per heavy atom. The fraction of sp³-hybridized carbons (Fsp3) is 0.429. The maximum atomic E-state index is 12.6. The van der Waals surface area contributed by atoms with Crippen molar-refractivity contribution in [1.29, 1.82) is 0 Å². The van der Waals surface area contributed by atoms with Gasteiger partial charge < -0.3 is 10.0 Å². The molecule has 2 aliphatic rings. The van der Waals surface area contributed by atoms with Crippen molar-refractivity contribution in [2.45, 2.75) is 29.5 Å². The van der Waals surface area contributed by atoms with Crippen molar-refractivity contribution in [3.8, 4) is 0 Å². The normalized spacial score (nSPS) is 30.1. The van der Waals surface area contributed by atoms with E-state index in [2.05, 4.69) is 15.0 Å². The number of Topliss-reactive ketones (excluding diaryl/α,β-unsaturated/α-hetero) is 1. The van der Waals surface area contributed by atoms with Gasteiger partial charge in [0, 0.05) is 18.6 Å². The van der Waals surface area contributed by atoms with E-state index in [1.54, 1.807) is 0 Å². The van der Waals surface area contributed by atoms with Gasteiger partial charge in [0.2, 0.25) is 5.91 Å².